The van der Waals surface area contributed by atoms with Crippen LogP contribution in [0.3, 0.4) is 0 Å². The number of benzene rings is 1. The summed E-state index contributed by atoms with van der Waals surface area (Å²) in [5.74, 6) is 0.192. The highest BCUT2D eigenvalue weighted by atomic mass is 35.5. The summed E-state index contributed by atoms with van der Waals surface area (Å²) in [6.45, 7) is 2.00. The summed E-state index contributed by atoms with van der Waals surface area (Å²) in [6.07, 6.45) is 3.77. The maximum Gasteiger partial charge on any atom is 0.249 e. The average molecular weight is 310 g/mol. The van der Waals surface area contributed by atoms with E-state index in [1.54, 1.807) is 30.3 Å². The van der Waals surface area contributed by atoms with Gasteiger partial charge in [-0.2, -0.15) is 5.10 Å². The number of halogens is 2. The van der Waals surface area contributed by atoms with E-state index in [-0.39, 0.29) is 5.91 Å². The Balaban J connectivity index is 2.06. The summed E-state index contributed by atoms with van der Waals surface area (Å²) >= 11 is 12.0. The van der Waals surface area contributed by atoms with E-state index in [4.69, 9.17) is 23.2 Å². The summed E-state index contributed by atoms with van der Waals surface area (Å²) in [6, 6.07) is 6.96. The molecule has 4 nitrogen and oxygen atoms in total. The van der Waals surface area contributed by atoms with E-state index in [2.05, 4.69) is 15.5 Å². The molecule has 0 radical (unpaired) electrons. The predicted molar refractivity (Wildman–Crippen MR) is 82.1 cm³/mol. The van der Waals surface area contributed by atoms with E-state index in [1.807, 2.05) is 6.92 Å². The molecule has 104 valence electrons. The van der Waals surface area contributed by atoms with Crippen molar-refractivity contribution < 1.29 is 4.79 Å². The first-order valence-electron chi connectivity index (χ1n) is 6.07. The number of hydrogen-bond donors (Lipinski definition) is 2. The number of nitrogens with zero attached hydrogens (tertiary/aromatic N) is 1. The number of hydrogen-bond acceptors (Lipinski definition) is 2. The molecule has 0 fully saturated rings. The standard InChI is InChI=1S/C14H13Cl2N3O/c1-2-9-8-13(19-18-9)17-14(20)7-6-10-11(15)4-3-5-12(10)16/h3-8H,2H2,1H3,(H2,17,18,19,20)/b7-6+. The van der Waals surface area contributed by atoms with Crippen LogP contribution in [0, 0.1) is 0 Å². The minimum Gasteiger partial charge on any atom is -0.306 e. The zero-order valence-electron chi connectivity index (χ0n) is 10.8. The van der Waals surface area contributed by atoms with Gasteiger partial charge in [-0.15, -0.1) is 0 Å². The first kappa shape index (κ1) is 14.6. The third-order valence-electron chi connectivity index (χ3n) is 2.66. The lowest BCUT2D eigenvalue weighted by molar-refractivity contribution is -0.111. The van der Waals surface area contributed by atoms with Crippen LogP contribution in [-0.2, 0) is 11.2 Å². The molecule has 2 aromatic rings. The van der Waals surface area contributed by atoms with E-state index in [0.717, 1.165) is 12.1 Å². The monoisotopic (exact) mass is 309 g/mol. The second-order valence-corrected chi connectivity index (χ2v) is 4.90. The predicted octanol–water partition coefficient (Wildman–Crippen LogP) is 3.93. The smallest absolute Gasteiger partial charge is 0.249 e. The van der Waals surface area contributed by atoms with Gasteiger partial charge in [0.05, 0.1) is 0 Å². The Bertz CT molecular complexity index is 629. The fourth-order valence-electron chi connectivity index (χ4n) is 1.60. The number of aromatic nitrogens is 2. The van der Waals surface area contributed by atoms with Crippen molar-refractivity contribution in [1.82, 2.24) is 10.2 Å². The number of aromatic amines is 1. The molecule has 20 heavy (non-hydrogen) atoms. The van der Waals surface area contributed by atoms with Crippen LogP contribution in [0.2, 0.25) is 10.0 Å². The van der Waals surface area contributed by atoms with Gasteiger partial charge in [-0.25, -0.2) is 0 Å². The van der Waals surface area contributed by atoms with Crippen LogP contribution in [0.1, 0.15) is 18.2 Å². The van der Waals surface area contributed by atoms with Crippen molar-refractivity contribution in [3.8, 4) is 0 Å². The molecule has 2 rings (SSSR count). The number of H-pyrrole nitrogens is 1. The quantitative estimate of drug-likeness (QED) is 0.841. The van der Waals surface area contributed by atoms with Crippen LogP contribution in [0.5, 0.6) is 0 Å². The van der Waals surface area contributed by atoms with Crippen molar-refractivity contribution >= 4 is 41.0 Å². The maximum atomic E-state index is 11.8. The minimum absolute atomic E-state index is 0.296. The van der Waals surface area contributed by atoms with E-state index >= 15 is 0 Å². The number of carbonyl (C=O) groups is 1. The highest BCUT2D eigenvalue weighted by Gasteiger charge is 2.04. The van der Waals surface area contributed by atoms with E-state index in [1.165, 1.54) is 6.08 Å². The summed E-state index contributed by atoms with van der Waals surface area (Å²) in [5, 5.41) is 10.4. The van der Waals surface area contributed by atoms with Gasteiger partial charge < -0.3 is 5.32 Å². The van der Waals surface area contributed by atoms with Crippen molar-refractivity contribution in [2.24, 2.45) is 0 Å². The van der Waals surface area contributed by atoms with E-state index in [9.17, 15) is 4.79 Å². The number of amides is 1. The molecule has 0 aliphatic rings. The molecule has 6 heteroatoms. The number of aryl methyl sites for hydroxylation is 1. The second kappa shape index (κ2) is 6.59. The van der Waals surface area contributed by atoms with Crippen molar-refractivity contribution in [2.45, 2.75) is 13.3 Å². The molecule has 0 saturated heterocycles. The number of anilines is 1. The molecule has 0 aliphatic heterocycles. The largest absolute Gasteiger partial charge is 0.306 e. The van der Waals surface area contributed by atoms with Gasteiger partial charge in [0, 0.05) is 33.4 Å². The molecule has 0 atom stereocenters. The van der Waals surface area contributed by atoms with Gasteiger partial charge in [-0.1, -0.05) is 36.2 Å². The molecule has 1 aromatic carbocycles. The molecule has 1 heterocycles. The molecule has 0 aliphatic carbocycles. The lowest BCUT2D eigenvalue weighted by atomic mass is 10.2. The topological polar surface area (TPSA) is 57.8 Å². The molecule has 2 N–H and O–H groups in total. The van der Waals surface area contributed by atoms with Crippen molar-refractivity contribution in [2.75, 3.05) is 5.32 Å². The molecule has 1 amide bonds. The van der Waals surface area contributed by atoms with Gasteiger partial charge in [0.1, 0.15) is 0 Å². The Morgan fingerprint density at radius 2 is 2.10 bits per heavy atom. The van der Waals surface area contributed by atoms with Crippen LogP contribution < -0.4 is 5.32 Å². The zero-order chi connectivity index (χ0) is 14.5. The molecular formula is C14H13Cl2N3O. The molecule has 0 unspecified atom stereocenters. The molecule has 0 spiro atoms. The Labute approximate surface area is 126 Å². The SMILES string of the molecule is CCc1cc(NC(=O)/C=C/c2c(Cl)cccc2Cl)n[nH]1. The lowest BCUT2D eigenvalue weighted by Gasteiger charge is -2.00. The van der Waals surface area contributed by atoms with Gasteiger partial charge in [0.2, 0.25) is 5.91 Å². The number of nitrogens with one attached hydrogen (secondary N) is 2. The molecule has 0 bridgehead atoms. The Morgan fingerprint density at radius 1 is 1.40 bits per heavy atom. The summed E-state index contributed by atoms with van der Waals surface area (Å²) in [5.41, 5.74) is 1.57. The van der Waals surface area contributed by atoms with E-state index < -0.39 is 0 Å². The van der Waals surface area contributed by atoms with Crippen LogP contribution in [0.4, 0.5) is 5.82 Å². The summed E-state index contributed by atoms with van der Waals surface area (Å²) in [4.78, 5) is 11.8. The van der Waals surface area contributed by atoms with Gasteiger partial charge >= 0.3 is 0 Å². The second-order valence-electron chi connectivity index (χ2n) is 4.09. The van der Waals surface area contributed by atoms with Crippen LogP contribution in [-0.4, -0.2) is 16.1 Å². The van der Waals surface area contributed by atoms with Gasteiger partial charge in [0.15, 0.2) is 5.82 Å². The zero-order valence-corrected chi connectivity index (χ0v) is 12.3. The third-order valence-corrected chi connectivity index (χ3v) is 3.32. The fraction of sp³-hybridized carbons (Fsp3) is 0.143. The van der Waals surface area contributed by atoms with Crippen LogP contribution in [0.15, 0.2) is 30.3 Å². The first-order chi connectivity index (χ1) is 9.60. The molecule has 1 aromatic heterocycles. The van der Waals surface area contributed by atoms with E-state index in [0.29, 0.717) is 21.4 Å². The Hall–Kier alpha value is -1.78. The van der Waals surface area contributed by atoms with Crippen molar-refractivity contribution in [3.63, 3.8) is 0 Å². The van der Waals surface area contributed by atoms with Crippen LogP contribution >= 0.6 is 23.2 Å². The summed E-state index contributed by atoms with van der Waals surface area (Å²) < 4.78 is 0. The highest BCUT2D eigenvalue weighted by Crippen LogP contribution is 2.25. The third kappa shape index (κ3) is 3.62. The van der Waals surface area contributed by atoms with Crippen LogP contribution in [0.25, 0.3) is 6.08 Å². The number of rotatable bonds is 4. The van der Waals surface area contributed by atoms with Gasteiger partial charge in [-0.05, 0) is 24.6 Å². The maximum absolute atomic E-state index is 11.8. The van der Waals surface area contributed by atoms with Gasteiger partial charge in [-0.3, -0.25) is 9.89 Å². The van der Waals surface area contributed by atoms with Gasteiger partial charge in [0.25, 0.3) is 0 Å². The first-order valence-corrected chi connectivity index (χ1v) is 6.83. The minimum atomic E-state index is -0.296. The Kier molecular flexibility index (Phi) is 4.82. The van der Waals surface area contributed by atoms with Crippen molar-refractivity contribution in [1.29, 1.82) is 0 Å². The normalized spacial score (nSPS) is 10.9. The molecular weight excluding hydrogens is 297 g/mol. The highest BCUT2D eigenvalue weighted by molar-refractivity contribution is 6.37. The summed E-state index contributed by atoms with van der Waals surface area (Å²) in [7, 11) is 0. The molecule has 0 saturated carbocycles. The Morgan fingerprint density at radius 3 is 2.70 bits per heavy atom. The lowest BCUT2D eigenvalue weighted by Crippen LogP contribution is -2.07. The fourth-order valence-corrected chi connectivity index (χ4v) is 2.13. The number of carbonyl (C=O) groups excluding carboxylic acids is 1. The van der Waals surface area contributed by atoms with Crippen molar-refractivity contribution in [3.05, 3.63) is 51.6 Å². The average Bonchev–Trinajstić information content (AvgIpc) is 2.86.